The molecule has 1 rings (SSSR count). The molecule has 0 bridgehead atoms. The number of para-hydroxylation sites is 1. The predicted octanol–water partition coefficient (Wildman–Crippen LogP) is -0.109. The zero-order valence-electron chi connectivity index (χ0n) is 8.18. The molecule has 84 valence electrons. The van der Waals surface area contributed by atoms with Gasteiger partial charge in [0, 0.05) is 11.3 Å². The first kappa shape index (κ1) is 11.9. The maximum Gasteiger partial charge on any atom is 0.357 e. The van der Waals surface area contributed by atoms with E-state index in [1.54, 1.807) is 24.3 Å². The molecule has 6 nitrogen and oxygen atoms in total. The number of hydrazone groups is 1. The van der Waals surface area contributed by atoms with E-state index in [4.69, 9.17) is 16.6 Å². The Morgan fingerprint density at radius 1 is 1.44 bits per heavy atom. The van der Waals surface area contributed by atoms with E-state index in [2.05, 4.69) is 22.7 Å². The summed E-state index contributed by atoms with van der Waals surface area (Å²) < 4.78 is 0. The van der Waals surface area contributed by atoms with E-state index in [0.29, 0.717) is 11.3 Å². The second-order valence-corrected chi connectivity index (χ2v) is 3.27. The number of thiocarbonyl (C=S) groups is 1. The fourth-order valence-electron chi connectivity index (χ4n) is 1.05. The summed E-state index contributed by atoms with van der Waals surface area (Å²) in [5.41, 5.74) is 13.4. The number of nitrogens with zero attached hydrogens (tertiary/aromatic N) is 1. The Balaban J connectivity index is 3.13. The number of nitrogens with two attached hydrogens (primary N) is 2. The highest BCUT2D eigenvalue weighted by atomic mass is 32.1. The van der Waals surface area contributed by atoms with E-state index >= 15 is 0 Å². The van der Waals surface area contributed by atoms with Crippen LogP contribution in [-0.2, 0) is 4.79 Å². The van der Waals surface area contributed by atoms with Crippen LogP contribution < -0.4 is 16.9 Å². The third kappa shape index (κ3) is 2.92. The summed E-state index contributed by atoms with van der Waals surface area (Å²) in [5.74, 6) is -1.22. The Morgan fingerprint density at radius 2 is 2.06 bits per heavy atom. The highest BCUT2D eigenvalue weighted by Crippen LogP contribution is 2.11. The number of aliphatic carboxylic acids is 1. The van der Waals surface area contributed by atoms with Gasteiger partial charge in [0.25, 0.3) is 0 Å². The van der Waals surface area contributed by atoms with Crippen LogP contribution in [-0.4, -0.2) is 21.9 Å². The lowest BCUT2D eigenvalue weighted by atomic mass is 10.1. The maximum absolute atomic E-state index is 11.0. The normalized spacial score (nSPS) is 10.9. The predicted molar refractivity (Wildman–Crippen MR) is 64.9 cm³/mol. The molecule has 7 heteroatoms. The van der Waals surface area contributed by atoms with E-state index in [1.807, 2.05) is 0 Å². The van der Waals surface area contributed by atoms with E-state index in [-0.39, 0.29) is 10.8 Å². The number of rotatable bonds is 3. The number of anilines is 1. The van der Waals surface area contributed by atoms with Gasteiger partial charge in [-0.25, -0.2) is 4.79 Å². The van der Waals surface area contributed by atoms with E-state index in [1.165, 1.54) is 0 Å². The van der Waals surface area contributed by atoms with Crippen molar-refractivity contribution in [3.05, 3.63) is 29.8 Å². The number of nitrogens with one attached hydrogen (secondary N) is 1. The number of carboxylic acid groups (broad SMARTS) is 1. The van der Waals surface area contributed by atoms with Gasteiger partial charge in [0.05, 0.1) is 0 Å². The molecule has 0 saturated carbocycles. The Hall–Kier alpha value is -2.15. The molecule has 0 spiro atoms. The van der Waals surface area contributed by atoms with Gasteiger partial charge < -0.3 is 16.6 Å². The molecule has 6 N–H and O–H groups in total. The van der Waals surface area contributed by atoms with Gasteiger partial charge >= 0.3 is 5.97 Å². The van der Waals surface area contributed by atoms with Crippen LogP contribution in [0.1, 0.15) is 5.56 Å². The first-order chi connectivity index (χ1) is 7.52. The molecule has 1 aromatic carbocycles. The number of nitrogen functional groups attached to an aromatic ring is 1. The Bertz CT molecular complexity index is 459. The van der Waals surface area contributed by atoms with Crippen molar-refractivity contribution in [2.24, 2.45) is 10.8 Å². The number of carboxylic acids is 1. The molecule has 16 heavy (non-hydrogen) atoms. The Morgan fingerprint density at radius 3 is 2.56 bits per heavy atom. The molecule has 0 saturated heterocycles. The highest BCUT2D eigenvalue weighted by Gasteiger charge is 2.15. The standard InChI is InChI=1S/C9H10N4O2S/c10-6-4-2-1-3-5(6)7(8(14)15)12-13-9(11)16/h1-4H,10H2,(H,14,15)(H3,11,13,16). The van der Waals surface area contributed by atoms with E-state index in [0.717, 1.165) is 0 Å². The first-order valence-corrected chi connectivity index (χ1v) is 4.64. The topological polar surface area (TPSA) is 114 Å². The largest absolute Gasteiger partial charge is 0.476 e. The molecule has 0 aromatic heterocycles. The van der Waals surface area contributed by atoms with Gasteiger partial charge in [-0.1, -0.05) is 18.2 Å². The minimum atomic E-state index is -1.22. The molecule has 0 heterocycles. The van der Waals surface area contributed by atoms with Gasteiger partial charge in [0.2, 0.25) is 0 Å². The summed E-state index contributed by atoms with van der Waals surface area (Å²) in [4.78, 5) is 11.0. The summed E-state index contributed by atoms with van der Waals surface area (Å²) in [5, 5.41) is 12.4. The van der Waals surface area contributed by atoms with Crippen molar-refractivity contribution in [2.45, 2.75) is 0 Å². The van der Waals surface area contributed by atoms with Crippen LogP contribution in [0.5, 0.6) is 0 Å². The third-order valence-corrected chi connectivity index (χ3v) is 1.79. The van der Waals surface area contributed by atoms with Crippen molar-refractivity contribution in [3.63, 3.8) is 0 Å². The van der Waals surface area contributed by atoms with Crippen LogP contribution in [0.25, 0.3) is 0 Å². The molecule has 0 amide bonds. The van der Waals surface area contributed by atoms with E-state index < -0.39 is 5.97 Å². The van der Waals surface area contributed by atoms with Crippen LogP contribution in [0.3, 0.4) is 0 Å². The fraction of sp³-hybridized carbons (Fsp3) is 0. The summed E-state index contributed by atoms with van der Waals surface area (Å²) >= 11 is 4.52. The number of hydrogen-bond acceptors (Lipinski definition) is 4. The van der Waals surface area contributed by atoms with Crippen LogP contribution in [0.4, 0.5) is 5.69 Å². The molecule has 0 radical (unpaired) electrons. The lowest BCUT2D eigenvalue weighted by Gasteiger charge is -2.05. The maximum atomic E-state index is 11.0. The highest BCUT2D eigenvalue weighted by molar-refractivity contribution is 7.80. The SMILES string of the molecule is NC(=S)NN=C(C(=O)O)c1ccccc1N. The van der Waals surface area contributed by atoms with Crippen LogP contribution in [0.2, 0.25) is 0 Å². The molecule has 0 aliphatic carbocycles. The number of hydrogen-bond donors (Lipinski definition) is 4. The molecule has 0 aliphatic rings. The second kappa shape index (κ2) is 5.08. The number of carbonyl (C=O) groups is 1. The van der Waals surface area contributed by atoms with Gasteiger partial charge in [-0.2, -0.15) is 5.10 Å². The van der Waals surface area contributed by atoms with Crippen molar-refractivity contribution in [3.8, 4) is 0 Å². The quantitative estimate of drug-likeness (QED) is 0.253. The van der Waals surface area contributed by atoms with Gasteiger partial charge in [-0.05, 0) is 18.3 Å². The minimum Gasteiger partial charge on any atom is -0.476 e. The van der Waals surface area contributed by atoms with Gasteiger partial charge in [0.15, 0.2) is 10.8 Å². The molecule has 0 unspecified atom stereocenters. The lowest BCUT2D eigenvalue weighted by molar-refractivity contribution is -0.129. The number of benzene rings is 1. The molecule has 0 fully saturated rings. The van der Waals surface area contributed by atoms with Crippen LogP contribution in [0.15, 0.2) is 29.4 Å². The average molecular weight is 238 g/mol. The van der Waals surface area contributed by atoms with Gasteiger partial charge in [-0.15, -0.1) is 0 Å². The van der Waals surface area contributed by atoms with Crippen molar-refractivity contribution in [1.29, 1.82) is 0 Å². The zero-order chi connectivity index (χ0) is 12.1. The smallest absolute Gasteiger partial charge is 0.357 e. The Labute approximate surface area is 96.9 Å². The van der Waals surface area contributed by atoms with Crippen LogP contribution >= 0.6 is 12.2 Å². The summed E-state index contributed by atoms with van der Waals surface area (Å²) in [6.07, 6.45) is 0. The van der Waals surface area contributed by atoms with Crippen LogP contribution in [0, 0.1) is 0 Å². The van der Waals surface area contributed by atoms with Gasteiger partial charge in [0.1, 0.15) is 0 Å². The van der Waals surface area contributed by atoms with Crippen molar-refractivity contribution >= 4 is 34.7 Å². The molecular formula is C9H10N4O2S. The minimum absolute atomic E-state index is 0.117. The fourth-order valence-corrected chi connectivity index (χ4v) is 1.09. The van der Waals surface area contributed by atoms with Gasteiger partial charge in [-0.3, -0.25) is 5.43 Å². The van der Waals surface area contributed by atoms with Crippen molar-refractivity contribution in [1.82, 2.24) is 5.43 Å². The molecule has 0 atom stereocenters. The van der Waals surface area contributed by atoms with Crippen molar-refractivity contribution in [2.75, 3.05) is 5.73 Å². The molecule has 1 aromatic rings. The summed E-state index contributed by atoms with van der Waals surface area (Å²) in [6.45, 7) is 0. The average Bonchev–Trinajstić information content (AvgIpc) is 2.20. The first-order valence-electron chi connectivity index (χ1n) is 4.23. The zero-order valence-corrected chi connectivity index (χ0v) is 8.99. The Kier molecular flexibility index (Phi) is 3.78. The van der Waals surface area contributed by atoms with E-state index in [9.17, 15) is 4.79 Å². The summed E-state index contributed by atoms with van der Waals surface area (Å²) in [7, 11) is 0. The molecule has 0 aliphatic heterocycles. The third-order valence-electron chi connectivity index (χ3n) is 1.70. The second-order valence-electron chi connectivity index (χ2n) is 2.83. The molecular weight excluding hydrogens is 228 g/mol. The monoisotopic (exact) mass is 238 g/mol. The summed E-state index contributed by atoms with van der Waals surface area (Å²) in [6, 6.07) is 6.47. The van der Waals surface area contributed by atoms with Crippen molar-refractivity contribution < 1.29 is 9.90 Å². The lowest BCUT2D eigenvalue weighted by Crippen LogP contribution is -2.28.